The van der Waals surface area contributed by atoms with Gasteiger partial charge in [0.05, 0.1) is 28.7 Å². The number of carbonyl (C=O) groups excluding carboxylic acids is 2. The molecule has 3 unspecified atom stereocenters. The van der Waals surface area contributed by atoms with E-state index in [2.05, 4.69) is 15.6 Å². The summed E-state index contributed by atoms with van der Waals surface area (Å²) < 4.78 is 15.2. The Morgan fingerprint density at radius 2 is 1.86 bits per heavy atom. The lowest BCUT2D eigenvalue weighted by molar-refractivity contribution is -0.150. The third-order valence-corrected chi connectivity index (χ3v) is 8.54. The quantitative estimate of drug-likeness (QED) is 0.487. The summed E-state index contributed by atoms with van der Waals surface area (Å²) in [6.07, 6.45) is 4.09. The fraction of sp³-hybridized carbons (Fsp3) is 0.577. The highest BCUT2D eigenvalue weighted by Gasteiger charge is 2.55. The maximum atomic E-state index is 13.5. The second kappa shape index (κ2) is 8.41. The van der Waals surface area contributed by atoms with Crippen molar-refractivity contribution in [3.63, 3.8) is 0 Å². The van der Waals surface area contributed by atoms with Gasteiger partial charge in [0.1, 0.15) is 0 Å². The zero-order valence-electron chi connectivity index (χ0n) is 20.6. The number of aliphatic hydroxyl groups is 2. The highest BCUT2D eigenvalue weighted by molar-refractivity contribution is 6.06. The summed E-state index contributed by atoms with van der Waals surface area (Å²) in [5, 5.41) is 27.7. The average molecular weight is 485 g/mol. The van der Waals surface area contributed by atoms with Gasteiger partial charge in [0.15, 0.2) is 6.10 Å². The summed E-state index contributed by atoms with van der Waals surface area (Å²) in [5.74, 6) is -0.519. The van der Waals surface area contributed by atoms with Gasteiger partial charge >= 0.3 is 0 Å². The van der Waals surface area contributed by atoms with Gasteiger partial charge in [-0.1, -0.05) is 0 Å². The number of nitrogens with one attached hydrogen (secondary N) is 2. The first-order valence-corrected chi connectivity index (χ1v) is 12.3. The molecule has 0 radical (unpaired) electrons. The lowest BCUT2D eigenvalue weighted by Gasteiger charge is -2.58. The van der Waals surface area contributed by atoms with Crippen LogP contribution in [0.25, 0.3) is 0 Å². The topological polar surface area (TPSA) is 116 Å². The van der Waals surface area contributed by atoms with Crippen LogP contribution in [-0.2, 0) is 11.8 Å². The maximum absolute atomic E-state index is 13.5. The third kappa shape index (κ3) is 4.04. The summed E-state index contributed by atoms with van der Waals surface area (Å²) >= 11 is 0. The van der Waals surface area contributed by atoms with Crippen molar-refractivity contribution in [3.8, 4) is 0 Å². The second-order valence-corrected chi connectivity index (χ2v) is 10.9. The van der Waals surface area contributed by atoms with Gasteiger partial charge in [-0.05, 0) is 82.3 Å². The molecule has 8 nitrogen and oxygen atoms in total. The maximum Gasteiger partial charge on any atom is 0.257 e. The number of hydrogen-bond acceptors (Lipinski definition) is 5. The fourth-order valence-corrected chi connectivity index (χ4v) is 7.13. The number of rotatable bonds is 5. The van der Waals surface area contributed by atoms with Gasteiger partial charge in [-0.2, -0.15) is 4.39 Å². The van der Waals surface area contributed by atoms with Crippen molar-refractivity contribution in [2.24, 2.45) is 24.8 Å². The standard InChI is InChI=1S/C26H33FN4O4/c1-12-5-18(11-28-23(12)27)29-24(33)19-13(2)21(31(4)14(19)3)22(32)25(34)30-20-16-6-15-7-17(20)10-26(35,8-15)9-16/h5,11,15-17,20,22,32,35H,6-10H2,1-4H3,(H,29,33)(H,30,34)/t15?,16-,17?,20-,22?,26-/m0/s1. The van der Waals surface area contributed by atoms with E-state index in [1.807, 2.05) is 0 Å². The first-order chi connectivity index (χ1) is 16.5. The Morgan fingerprint density at radius 1 is 1.20 bits per heavy atom. The van der Waals surface area contributed by atoms with E-state index in [0.29, 0.717) is 52.5 Å². The van der Waals surface area contributed by atoms with E-state index in [0.717, 1.165) is 19.3 Å². The fourth-order valence-electron chi connectivity index (χ4n) is 7.13. The van der Waals surface area contributed by atoms with Crippen molar-refractivity contribution in [1.82, 2.24) is 14.9 Å². The molecule has 4 saturated carbocycles. The molecule has 188 valence electrons. The van der Waals surface area contributed by atoms with Crippen LogP contribution in [0.15, 0.2) is 12.3 Å². The Labute approximate surface area is 203 Å². The van der Waals surface area contributed by atoms with Crippen LogP contribution in [0.3, 0.4) is 0 Å². The van der Waals surface area contributed by atoms with Crippen LogP contribution in [0.4, 0.5) is 10.1 Å². The van der Waals surface area contributed by atoms with Gasteiger partial charge in [0.2, 0.25) is 5.95 Å². The molecule has 2 aromatic heterocycles. The molecule has 0 aromatic carbocycles. The van der Waals surface area contributed by atoms with Crippen molar-refractivity contribution in [3.05, 3.63) is 46.3 Å². The molecule has 4 bridgehead atoms. The number of aliphatic hydroxyl groups excluding tert-OH is 1. The average Bonchev–Trinajstić information content (AvgIpc) is 2.99. The van der Waals surface area contributed by atoms with E-state index in [1.54, 1.807) is 32.4 Å². The largest absolute Gasteiger partial charge is 0.390 e. The van der Waals surface area contributed by atoms with Gasteiger partial charge in [0, 0.05) is 24.3 Å². The summed E-state index contributed by atoms with van der Waals surface area (Å²) in [4.78, 5) is 29.9. The number of pyridine rings is 1. The summed E-state index contributed by atoms with van der Waals surface area (Å²) in [6, 6.07) is 1.45. The molecule has 0 saturated heterocycles. The van der Waals surface area contributed by atoms with Gasteiger partial charge in [-0.3, -0.25) is 9.59 Å². The smallest absolute Gasteiger partial charge is 0.257 e. The number of carbonyl (C=O) groups is 2. The van der Waals surface area contributed by atoms with E-state index in [1.165, 1.54) is 12.3 Å². The zero-order valence-corrected chi connectivity index (χ0v) is 20.6. The third-order valence-electron chi connectivity index (χ3n) is 8.54. The van der Waals surface area contributed by atoms with Crippen molar-refractivity contribution >= 4 is 17.5 Å². The molecule has 2 amide bonds. The normalized spacial score (nSPS) is 29.8. The van der Waals surface area contributed by atoms with Crippen LogP contribution in [0.1, 0.15) is 71.1 Å². The number of amides is 2. The van der Waals surface area contributed by atoms with Gasteiger partial charge in [0.25, 0.3) is 11.8 Å². The van der Waals surface area contributed by atoms with Crippen LogP contribution in [0.2, 0.25) is 0 Å². The minimum Gasteiger partial charge on any atom is -0.390 e. The predicted molar refractivity (Wildman–Crippen MR) is 127 cm³/mol. The van der Waals surface area contributed by atoms with E-state index in [9.17, 15) is 24.2 Å². The SMILES string of the molecule is Cc1cc(NC(=O)c2c(C)c(C(O)C(=O)N[C@@H]3C4CC5C[C@H]3C[C@@](O)(C5)C4)n(C)c2C)cnc1F. The molecule has 6 atom stereocenters. The summed E-state index contributed by atoms with van der Waals surface area (Å²) in [7, 11) is 1.72. The highest BCUT2D eigenvalue weighted by atomic mass is 19.1. The lowest BCUT2D eigenvalue weighted by atomic mass is 9.52. The number of hydrogen-bond donors (Lipinski definition) is 4. The number of anilines is 1. The molecule has 9 heteroatoms. The Balaban J connectivity index is 1.34. The van der Waals surface area contributed by atoms with Crippen molar-refractivity contribution in [2.45, 2.75) is 70.6 Å². The molecule has 2 aromatic rings. The Morgan fingerprint density at radius 3 is 2.46 bits per heavy atom. The van der Waals surface area contributed by atoms with Gasteiger partial charge in [-0.25, -0.2) is 4.98 Å². The summed E-state index contributed by atoms with van der Waals surface area (Å²) in [5.41, 5.74) is 1.91. The van der Waals surface area contributed by atoms with Crippen LogP contribution in [0, 0.1) is 44.5 Å². The summed E-state index contributed by atoms with van der Waals surface area (Å²) in [6.45, 7) is 5.02. The Bertz CT molecular complexity index is 1190. The molecular weight excluding hydrogens is 451 g/mol. The molecule has 2 heterocycles. The Hall–Kier alpha value is -2.78. The molecule has 4 N–H and O–H groups in total. The van der Waals surface area contributed by atoms with E-state index >= 15 is 0 Å². The molecule has 6 rings (SSSR count). The minimum atomic E-state index is -1.43. The van der Waals surface area contributed by atoms with E-state index in [-0.39, 0.29) is 17.9 Å². The number of aryl methyl sites for hydroxylation is 1. The molecular formula is C26H33FN4O4. The van der Waals surface area contributed by atoms with E-state index < -0.39 is 29.5 Å². The number of nitrogens with zero attached hydrogens (tertiary/aromatic N) is 2. The van der Waals surface area contributed by atoms with Crippen molar-refractivity contribution in [2.75, 3.05) is 5.32 Å². The predicted octanol–water partition coefficient (Wildman–Crippen LogP) is 2.83. The zero-order chi connectivity index (χ0) is 25.2. The van der Waals surface area contributed by atoms with Crippen molar-refractivity contribution in [1.29, 1.82) is 0 Å². The molecule has 4 aliphatic rings. The van der Waals surface area contributed by atoms with Crippen LogP contribution in [0.5, 0.6) is 0 Å². The van der Waals surface area contributed by atoms with E-state index in [4.69, 9.17) is 0 Å². The minimum absolute atomic E-state index is 0.0485. The Kier molecular flexibility index (Phi) is 5.75. The van der Waals surface area contributed by atoms with Crippen molar-refractivity contribution < 1.29 is 24.2 Å². The molecule has 4 aliphatic carbocycles. The monoisotopic (exact) mass is 484 g/mol. The van der Waals surface area contributed by atoms with Gasteiger partial charge in [-0.15, -0.1) is 0 Å². The first kappa shape index (κ1) is 23.9. The van der Waals surface area contributed by atoms with Crippen LogP contribution >= 0.6 is 0 Å². The number of halogens is 1. The lowest BCUT2D eigenvalue weighted by Crippen LogP contribution is -2.62. The highest BCUT2D eigenvalue weighted by Crippen LogP contribution is 2.55. The molecule has 0 aliphatic heterocycles. The van der Waals surface area contributed by atoms with Crippen LogP contribution < -0.4 is 10.6 Å². The molecule has 35 heavy (non-hydrogen) atoms. The second-order valence-electron chi connectivity index (χ2n) is 10.9. The molecule has 4 fully saturated rings. The van der Waals surface area contributed by atoms with Crippen LogP contribution in [-0.4, -0.2) is 43.2 Å². The van der Waals surface area contributed by atoms with Gasteiger partial charge < -0.3 is 25.4 Å². The first-order valence-electron chi connectivity index (χ1n) is 12.3. The number of aromatic nitrogens is 2. The molecule has 0 spiro atoms.